The normalized spacial score (nSPS) is 11.5. The minimum atomic E-state index is -3.66. The summed E-state index contributed by atoms with van der Waals surface area (Å²) in [6, 6.07) is 7.40. The summed E-state index contributed by atoms with van der Waals surface area (Å²) in [6.45, 7) is 4.80. The van der Waals surface area contributed by atoms with E-state index in [0.717, 1.165) is 31.2 Å². The van der Waals surface area contributed by atoms with Crippen molar-refractivity contribution < 1.29 is 25.9 Å². The van der Waals surface area contributed by atoms with Gasteiger partial charge in [0.15, 0.2) is 0 Å². The minimum absolute atomic E-state index is 0.297. The molecule has 0 saturated heterocycles. The Morgan fingerprint density at radius 1 is 0.632 bits per heavy atom. The Kier molecular flexibility index (Phi) is 25.9. The second kappa shape index (κ2) is 26.4. The number of hydrogen-bond donors (Lipinski definition) is 2. The van der Waals surface area contributed by atoms with Crippen LogP contribution in [-0.2, 0) is 32.1 Å². The zero-order valence-corrected chi connectivity index (χ0v) is 25.8. The van der Waals surface area contributed by atoms with Crippen molar-refractivity contribution >= 4 is 21.5 Å². The molecule has 0 heterocycles. The maximum Gasteiger partial charge on any atom is 0.299 e. The Morgan fingerprint density at radius 3 is 1.45 bits per heavy atom. The molecule has 0 saturated carbocycles. The van der Waals surface area contributed by atoms with Gasteiger partial charge in [-0.2, -0.15) is 12.6 Å². The van der Waals surface area contributed by atoms with Gasteiger partial charge in [0.25, 0.3) is 21.5 Å². The highest BCUT2D eigenvalue weighted by atomic mass is 32.2. The fraction of sp³-hybridized carbons (Fsp3) is 0.800. The summed E-state index contributed by atoms with van der Waals surface area (Å²) in [6.07, 6.45) is 26.0. The number of aryl methyl sites for hydroxylation is 1. The van der Waals surface area contributed by atoms with Crippen molar-refractivity contribution in [3.05, 3.63) is 29.8 Å². The Labute approximate surface area is 237 Å². The smallest absolute Gasteiger partial charge is 0.284 e. The van der Waals surface area contributed by atoms with Gasteiger partial charge in [0.1, 0.15) is 0 Å². The third-order valence-corrected chi connectivity index (χ3v) is 8.19. The van der Waals surface area contributed by atoms with Crippen LogP contribution in [0.15, 0.2) is 29.2 Å². The van der Waals surface area contributed by atoms with Gasteiger partial charge in [0.2, 0.25) is 0 Å². The third kappa shape index (κ3) is 23.1. The molecule has 0 spiro atoms. The molecular formula is C30H56O6S2. The van der Waals surface area contributed by atoms with E-state index in [9.17, 15) is 8.42 Å². The van der Waals surface area contributed by atoms with Gasteiger partial charge in [0, 0.05) is 0 Å². The van der Waals surface area contributed by atoms with Crippen molar-refractivity contribution in [2.75, 3.05) is 6.61 Å². The highest BCUT2D eigenvalue weighted by molar-refractivity contribution is 7.86. The van der Waals surface area contributed by atoms with Crippen molar-refractivity contribution in [2.24, 2.45) is 0 Å². The first kappa shape index (κ1) is 37.2. The Bertz CT molecular complexity index is 779. The van der Waals surface area contributed by atoms with E-state index in [1.165, 1.54) is 109 Å². The van der Waals surface area contributed by atoms with E-state index in [1.54, 1.807) is 12.1 Å². The fourth-order valence-corrected chi connectivity index (χ4v) is 5.78. The molecule has 0 bridgehead atoms. The lowest BCUT2D eigenvalue weighted by molar-refractivity contribution is 0.305. The van der Waals surface area contributed by atoms with E-state index in [1.807, 2.05) is 12.1 Å². The van der Waals surface area contributed by atoms with E-state index in [2.05, 4.69) is 13.8 Å². The maximum atomic E-state index is 12.8. The molecule has 0 aromatic heterocycles. The summed E-state index contributed by atoms with van der Waals surface area (Å²) in [7, 11) is -3.66. The number of rotatable bonds is 24. The first-order chi connectivity index (χ1) is 18.3. The molecule has 0 aliphatic heterocycles. The second-order valence-corrected chi connectivity index (χ2v) is 12.3. The van der Waals surface area contributed by atoms with Crippen LogP contribution in [-0.4, -0.2) is 28.3 Å². The fourth-order valence-electron chi connectivity index (χ4n) is 4.58. The predicted molar refractivity (Wildman–Crippen MR) is 160 cm³/mol. The summed E-state index contributed by atoms with van der Waals surface area (Å²) in [5.74, 6) is 0. The van der Waals surface area contributed by atoms with Crippen molar-refractivity contribution in [1.29, 1.82) is 0 Å². The first-order valence-electron chi connectivity index (χ1n) is 15.1. The average molecular weight is 577 g/mol. The molecule has 1 rings (SSSR count). The largest absolute Gasteiger partial charge is 0.299 e. The topological polar surface area (TPSA) is 101 Å². The van der Waals surface area contributed by atoms with E-state index in [-0.39, 0.29) is 0 Å². The SMILES string of the molecule is CCCCCCCCCCCCOS(=O)(=O)c1ccccc1CCCCCCCCCCCC.O=S(O)O. The maximum absolute atomic E-state index is 12.8. The number of unbranched alkanes of at least 4 members (excludes halogenated alkanes) is 18. The summed E-state index contributed by atoms with van der Waals surface area (Å²) in [4.78, 5) is 0.373. The minimum Gasteiger partial charge on any atom is -0.284 e. The molecule has 8 heteroatoms. The van der Waals surface area contributed by atoms with Crippen LogP contribution in [0.1, 0.15) is 148 Å². The Hall–Kier alpha value is -0.800. The standard InChI is InChI=1S/C30H54O3S.H2O3S/c1-3-5-7-9-11-13-15-17-19-21-25-29-26-22-23-27-30(29)34(31,32)33-28-24-20-18-16-14-12-10-8-6-4-2;1-4(2)3/h22-23,26-27H,3-21,24-25,28H2,1-2H3;(H2,1,2,3). The van der Waals surface area contributed by atoms with Crippen molar-refractivity contribution in [1.82, 2.24) is 0 Å². The van der Waals surface area contributed by atoms with Gasteiger partial charge >= 0.3 is 0 Å². The molecule has 0 unspecified atom stereocenters. The van der Waals surface area contributed by atoms with Crippen molar-refractivity contribution in [2.45, 2.75) is 154 Å². The molecule has 0 aliphatic rings. The molecule has 224 valence electrons. The molecule has 0 fully saturated rings. The van der Waals surface area contributed by atoms with Crippen LogP contribution in [0.25, 0.3) is 0 Å². The summed E-state index contributed by atoms with van der Waals surface area (Å²) < 4.78 is 53.8. The molecule has 0 amide bonds. The van der Waals surface area contributed by atoms with Crippen molar-refractivity contribution in [3.8, 4) is 0 Å². The lowest BCUT2D eigenvalue weighted by Crippen LogP contribution is -2.10. The molecule has 0 aliphatic carbocycles. The second-order valence-electron chi connectivity index (χ2n) is 10.2. The van der Waals surface area contributed by atoms with E-state index in [4.69, 9.17) is 17.5 Å². The van der Waals surface area contributed by atoms with Crippen LogP contribution in [0.4, 0.5) is 0 Å². The van der Waals surface area contributed by atoms with Crippen LogP contribution in [0.3, 0.4) is 0 Å². The molecule has 0 atom stereocenters. The lowest BCUT2D eigenvalue weighted by Gasteiger charge is -2.11. The molecule has 2 N–H and O–H groups in total. The lowest BCUT2D eigenvalue weighted by atomic mass is 10.0. The van der Waals surface area contributed by atoms with Gasteiger partial charge in [-0.3, -0.25) is 13.3 Å². The Balaban J connectivity index is 0.00000318. The van der Waals surface area contributed by atoms with Gasteiger partial charge in [0.05, 0.1) is 11.5 Å². The summed E-state index contributed by atoms with van der Waals surface area (Å²) in [5, 5.41) is 0. The summed E-state index contributed by atoms with van der Waals surface area (Å²) in [5.41, 5.74) is 0.908. The van der Waals surface area contributed by atoms with E-state index in [0.29, 0.717) is 11.5 Å². The van der Waals surface area contributed by atoms with Crippen LogP contribution in [0.2, 0.25) is 0 Å². The molecule has 6 nitrogen and oxygen atoms in total. The van der Waals surface area contributed by atoms with Gasteiger partial charge in [-0.15, -0.1) is 0 Å². The molecule has 38 heavy (non-hydrogen) atoms. The quantitative estimate of drug-likeness (QED) is 0.0722. The molecule has 1 aromatic rings. The average Bonchev–Trinajstić information content (AvgIpc) is 2.88. The number of benzene rings is 1. The van der Waals surface area contributed by atoms with Crippen LogP contribution in [0, 0.1) is 0 Å². The number of hydrogen-bond acceptors (Lipinski definition) is 4. The van der Waals surface area contributed by atoms with Crippen LogP contribution < -0.4 is 0 Å². The summed E-state index contributed by atoms with van der Waals surface area (Å²) >= 11 is -2.61. The highest BCUT2D eigenvalue weighted by Crippen LogP contribution is 2.21. The van der Waals surface area contributed by atoms with Crippen molar-refractivity contribution in [3.63, 3.8) is 0 Å². The first-order valence-corrected chi connectivity index (χ1v) is 17.6. The highest BCUT2D eigenvalue weighted by Gasteiger charge is 2.18. The van der Waals surface area contributed by atoms with Crippen LogP contribution >= 0.6 is 0 Å². The predicted octanol–water partition coefficient (Wildman–Crippen LogP) is 9.46. The van der Waals surface area contributed by atoms with E-state index >= 15 is 0 Å². The molecule has 1 aromatic carbocycles. The van der Waals surface area contributed by atoms with Gasteiger partial charge < -0.3 is 0 Å². The van der Waals surface area contributed by atoms with Gasteiger partial charge in [-0.1, -0.05) is 148 Å². The Morgan fingerprint density at radius 2 is 1.00 bits per heavy atom. The monoisotopic (exact) mass is 576 g/mol. The zero-order valence-electron chi connectivity index (χ0n) is 24.2. The van der Waals surface area contributed by atoms with Gasteiger partial charge in [-0.25, -0.2) is 0 Å². The van der Waals surface area contributed by atoms with E-state index < -0.39 is 21.5 Å². The molecular weight excluding hydrogens is 520 g/mol. The van der Waals surface area contributed by atoms with Gasteiger partial charge in [-0.05, 0) is 30.9 Å². The zero-order chi connectivity index (χ0) is 28.3. The van der Waals surface area contributed by atoms with Crippen LogP contribution in [0.5, 0.6) is 0 Å². The third-order valence-electron chi connectivity index (χ3n) is 6.78. The molecule has 0 radical (unpaired) electrons.